The second kappa shape index (κ2) is 7.76. The molecule has 2 aromatic carbocycles. The lowest BCUT2D eigenvalue weighted by molar-refractivity contribution is -0.136. The van der Waals surface area contributed by atoms with Crippen LogP contribution in [-0.2, 0) is 14.8 Å². The highest BCUT2D eigenvalue weighted by Crippen LogP contribution is 2.35. The number of nitrogens with zero attached hydrogens (tertiary/aromatic N) is 1. The van der Waals surface area contributed by atoms with Crippen LogP contribution in [0.2, 0.25) is 5.02 Å². The van der Waals surface area contributed by atoms with Crippen molar-refractivity contribution in [1.82, 2.24) is 0 Å². The highest BCUT2D eigenvalue weighted by molar-refractivity contribution is 7.92. The molecule has 0 unspecified atom stereocenters. The van der Waals surface area contributed by atoms with E-state index in [1.807, 2.05) is 6.92 Å². The van der Waals surface area contributed by atoms with Crippen molar-refractivity contribution in [2.24, 2.45) is 0 Å². The number of carboxylic acid groups (broad SMARTS) is 1. The molecule has 0 bridgehead atoms. The number of benzene rings is 2. The first kappa shape index (κ1) is 19.1. The van der Waals surface area contributed by atoms with Crippen LogP contribution in [0.15, 0.2) is 47.4 Å². The maximum absolute atomic E-state index is 13.1. The molecular weight excluding hydrogens is 366 g/mol. The summed E-state index contributed by atoms with van der Waals surface area (Å²) >= 11 is 6.00. The Bertz CT molecular complexity index is 865. The zero-order valence-electron chi connectivity index (χ0n) is 13.8. The maximum atomic E-state index is 13.1. The van der Waals surface area contributed by atoms with Crippen molar-refractivity contribution in [3.63, 3.8) is 0 Å². The van der Waals surface area contributed by atoms with Crippen molar-refractivity contribution in [3.8, 4) is 5.75 Å². The number of aryl methyl sites for hydroxylation is 1. The van der Waals surface area contributed by atoms with E-state index < -0.39 is 16.0 Å². The molecule has 2 aromatic rings. The standard InChI is InChI=1S/C17H18ClNO5S/c1-12-3-6-14(7-4-12)25(22,23)19(10-9-17(20)21)15-11-13(18)5-8-16(15)24-2/h3-8,11H,9-10H2,1-2H3,(H,20,21). The van der Waals surface area contributed by atoms with Crippen molar-refractivity contribution in [2.75, 3.05) is 18.0 Å². The summed E-state index contributed by atoms with van der Waals surface area (Å²) in [6.07, 6.45) is -0.360. The number of hydrogen-bond donors (Lipinski definition) is 1. The van der Waals surface area contributed by atoms with Gasteiger partial charge in [0.2, 0.25) is 0 Å². The van der Waals surface area contributed by atoms with Crippen molar-refractivity contribution in [3.05, 3.63) is 53.1 Å². The Labute approximate surface area is 151 Å². The van der Waals surface area contributed by atoms with Crippen molar-refractivity contribution in [2.45, 2.75) is 18.2 Å². The summed E-state index contributed by atoms with van der Waals surface area (Å²) in [4.78, 5) is 11.0. The van der Waals surface area contributed by atoms with Gasteiger partial charge in [-0.1, -0.05) is 29.3 Å². The molecule has 0 radical (unpaired) electrons. The van der Waals surface area contributed by atoms with Crippen LogP contribution >= 0.6 is 11.6 Å². The van der Waals surface area contributed by atoms with Crippen LogP contribution in [0, 0.1) is 6.92 Å². The smallest absolute Gasteiger partial charge is 0.305 e. The molecule has 1 N–H and O–H groups in total. The summed E-state index contributed by atoms with van der Waals surface area (Å²) in [7, 11) is -2.58. The molecule has 0 atom stereocenters. The van der Waals surface area contributed by atoms with Crippen LogP contribution < -0.4 is 9.04 Å². The first-order valence-electron chi connectivity index (χ1n) is 7.40. The molecule has 6 nitrogen and oxygen atoms in total. The van der Waals surface area contributed by atoms with Crippen molar-refractivity contribution in [1.29, 1.82) is 0 Å². The molecule has 134 valence electrons. The molecule has 0 aliphatic carbocycles. The third-order valence-electron chi connectivity index (χ3n) is 3.55. The minimum atomic E-state index is -3.98. The van der Waals surface area contributed by atoms with Gasteiger partial charge in [-0.3, -0.25) is 9.10 Å². The number of methoxy groups -OCH3 is 1. The fraction of sp³-hybridized carbons (Fsp3) is 0.235. The average molecular weight is 384 g/mol. The number of sulfonamides is 1. The molecule has 8 heteroatoms. The van der Waals surface area contributed by atoms with Crippen LogP contribution in [0.25, 0.3) is 0 Å². The second-order valence-corrected chi connectivity index (χ2v) is 7.65. The molecule has 0 spiro atoms. The summed E-state index contributed by atoms with van der Waals surface area (Å²) in [6.45, 7) is 1.60. The zero-order valence-corrected chi connectivity index (χ0v) is 15.3. The number of rotatable bonds is 7. The van der Waals surface area contributed by atoms with Gasteiger partial charge in [-0.05, 0) is 37.3 Å². The highest BCUT2D eigenvalue weighted by atomic mass is 35.5. The van der Waals surface area contributed by atoms with Gasteiger partial charge in [0, 0.05) is 11.6 Å². The van der Waals surface area contributed by atoms with E-state index >= 15 is 0 Å². The Hall–Kier alpha value is -2.25. The van der Waals surface area contributed by atoms with Gasteiger partial charge >= 0.3 is 5.97 Å². The SMILES string of the molecule is COc1ccc(Cl)cc1N(CCC(=O)O)S(=O)(=O)c1ccc(C)cc1. The number of anilines is 1. The third-order valence-corrected chi connectivity index (χ3v) is 5.61. The predicted octanol–water partition coefficient (Wildman–Crippen LogP) is 3.33. The first-order chi connectivity index (χ1) is 11.8. The van der Waals surface area contributed by atoms with Crippen LogP contribution in [0.4, 0.5) is 5.69 Å². The summed E-state index contributed by atoms with van der Waals surface area (Å²) in [5, 5.41) is 9.30. The minimum Gasteiger partial charge on any atom is -0.495 e. The monoisotopic (exact) mass is 383 g/mol. The second-order valence-electron chi connectivity index (χ2n) is 5.35. The number of carboxylic acids is 1. The topological polar surface area (TPSA) is 83.9 Å². The lowest BCUT2D eigenvalue weighted by atomic mass is 10.2. The van der Waals surface area contributed by atoms with Gasteiger partial charge in [0.1, 0.15) is 5.75 Å². The molecule has 0 saturated carbocycles. The van der Waals surface area contributed by atoms with E-state index in [1.54, 1.807) is 18.2 Å². The molecule has 0 amide bonds. The van der Waals surface area contributed by atoms with Gasteiger partial charge in [-0.25, -0.2) is 8.42 Å². The zero-order chi connectivity index (χ0) is 18.6. The number of ether oxygens (including phenoxy) is 1. The minimum absolute atomic E-state index is 0.0607. The van der Waals surface area contributed by atoms with E-state index in [1.165, 1.54) is 31.4 Å². The fourth-order valence-electron chi connectivity index (χ4n) is 2.26. The summed E-state index contributed by atoms with van der Waals surface area (Å²) in [5.74, 6) is -0.824. The van der Waals surface area contributed by atoms with Gasteiger partial charge in [0.05, 0.1) is 24.1 Å². The van der Waals surface area contributed by atoms with E-state index in [9.17, 15) is 13.2 Å². The molecule has 0 aliphatic rings. The molecule has 0 aromatic heterocycles. The van der Waals surface area contributed by atoms with Gasteiger partial charge < -0.3 is 9.84 Å². The van der Waals surface area contributed by atoms with E-state index in [-0.39, 0.29) is 29.3 Å². The Morgan fingerprint density at radius 1 is 1.20 bits per heavy atom. The molecule has 0 aliphatic heterocycles. The summed E-state index contributed by atoms with van der Waals surface area (Å²) in [5.41, 5.74) is 1.10. The summed E-state index contributed by atoms with van der Waals surface area (Å²) in [6, 6.07) is 10.9. The molecule has 0 fully saturated rings. The largest absolute Gasteiger partial charge is 0.495 e. The first-order valence-corrected chi connectivity index (χ1v) is 9.22. The van der Waals surface area contributed by atoms with Crippen LogP contribution in [0.3, 0.4) is 0 Å². The Kier molecular flexibility index (Phi) is 5.92. The Morgan fingerprint density at radius 2 is 1.84 bits per heavy atom. The van der Waals surface area contributed by atoms with E-state index in [2.05, 4.69) is 0 Å². The molecular formula is C17H18ClNO5S. The lowest BCUT2D eigenvalue weighted by Crippen LogP contribution is -2.33. The normalized spacial score (nSPS) is 11.2. The number of aliphatic carboxylic acids is 1. The molecule has 0 saturated heterocycles. The van der Waals surface area contributed by atoms with Gasteiger partial charge in [-0.15, -0.1) is 0 Å². The van der Waals surface area contributed by atoms with Gasteiger partial charge in [0.15, 0.2) is 0 Å². The molecule has 25 heavy (non-hydrogen) atoms. The Balaban J connectivity index is 2.58. The van der Waals surface area contributed by atoms with Crippen molar-refractivity contribution < 1.29 is 23.1 Å². The lowest BCUT2D eigenvalue weighted by Gasteiger charge is -2.25. The predicted molar refractivity (Wildman–Crippen MR) is 96.0 cm³/mol. The summed E-state index contributed by atoms with van der Waals surface area (Å²) < 4.78 is 32.4. The van der Waals surface area contributed by atoms with Crippen LogP contribution in [0.1, 0.15) is 12.0 Å². The van der Waals surface area contributed by atoms with Crippen LogP contribution in [0.5, 0.6) is 5.75 Å². The van der Waals surface area contributed by atoms with E-state index in [4.69, 9.17) is 21.4 Å². The highest BCUT2D eigenvalue weighted by Gasteiger charge is 2.28. The van der Waals surface area contributed by atoms with E-state index in [0.29, 0.717) is 5.02 Å². The average Bonchev–Trinajstić information content (AvgIpc) is 2.55. The maximum Gasteiger partial charge on any atom is 0.305 e. The van der Waals surface area contributed by atoms with Gasteiger partial charge in [0.25, 0.3) is 10.0 Å². The fourth-order valence-corrected chi connectivity index (χ4v) is 3.90. The Morgan fingerprint density at radius 3 is 2.40 bits per heavy atom. The van der Waals surface area contributed by atoms with Crippen molar-refractivity contribution >= 4 is 33.3 Å². The number of hydrogen-bond acceptors (Lipinski definition) is 4. The molecule has 2 rings (SSSR count). The van der Waals surface area contributed by atoms with Crippen LogP contribution in [-0.4, -0.2) is 33.1 Å². The third kappa shape index (κ3) is 4.43. The number of halogens is 1. The quantitative estimate of drug-likeness (QED) is 0.792. The van der Waals surface area contributed by atoms with E-state index in [0.717, 1.165) is 9.87 Å². The number of carbonyl (C=O) groups is 1. The van der Waals surface area contributed by atoms with Gasteiger partial charge in [-0.2, -0.15) is 0 Å². The molecule has 0 heterocycles.